The Balaban J connectivity index is 1.24. The van der Waals surface area contributed by atoms with Crippen molar-refractivity contribution in [3.05, 3.63) is 69.7 Å². The molecule has 1 amide bonds. The Morgan fingerprint density at radius 2 is 1.84 bits per heavy atom. The van der Waals surface area contributed by atoms with Gasteiger partial charge in [-0.15, -0.1) is 0 Å². The third kappa shape index (κ3) is 3.85. The van der Waals surface area contributed by atoms with Gasteiger partial charge in [-0.25, -0.2) is 0 Å². The molecule has 2 bridgehead atoms. The van der Waals surface area contributed by atoms with Crippen LogP contribution in [0.2, 0.25) is 5.02 Å². The van der Waals surface area contributed by atoms with Gasteiger partial charge >= 0.3 is 6.18 Å². The number of nitrogens with one attached hydrogen (secondary N) is 1. The predicted molar refractivity (Wildman–Crippen MR) is 113 cm³/mol. The second-order valence-corrected chi connectivity index (χ2v) is 9.58. The molecule has 31 heavy (non-hydrogen) atoms. The quantitative estimate of drug-likeness (QED) is 0.622. The number of carbonyl (C=O) groups excluding carboxylic acids is 1. The number of fused-ring (bicyclic) bond motifs is 1. The molecule has 7 heteroatoms. The number of alkyl halides is 3. The third-order valence-electron chi connectivity index (χ3n) is 7.01. The van der Waals surface area contributed by atoms with Crippen LogP contribution in [0.1, 0.15) is 52.7 Å². The van der Waals surface area contributed by atoms with Gasteiger partial charge in [0.2, 0.25) is 0 Å². The van der Waals surface area contributed by atoms with Crippen LogP contribution in [0, 0.1) is 11.8 Å². The second kappa shape index (κ2) is 7.52. The molecule has 2 aromatic rings. The van der Waals surface area contributed by atoms with Crippen LogP contribution < -0.4 is 5.32 Å². The number of hydrogen-bond acceptors (Lipinski definition) is 2. The Hall–Kier alpha value is -2.05. The molecule has 0 radical (unpaired) electrons. The molecule has 4 aliphatic rings. The maximum Gasteiger partial charge on any atom is 0.417 e. The lowest BCUT2D eigenvalue weighted by atomic mass is 9.69. The van der Waals surface area contributed by atoms with E-state index in [1.807, 2.05) is 12.1 Å². The highest BCUT2D eigenvalue weighted by atomic mass is 35.5. The van der Waals surface area contributed by atoms with Crippen LogP contribution in [0.4, 0.5) is 13.2 Å². The molecule has 6 rings (SSSR count). The minimum Gasteiger partial charge on any atom is -0.348 e. The zero-order valence-electron chi connectivity index (χ0n) is 17.0. The number of hydrogen-bond donors (Lipinski definition) is 1. The van der Waals surface area contributed by atoms with Crippen LogP contribution in [-0.2, 0) is 18.3 Å². The van der Waals surface area contributed by atoms with Crippen molar-refractivity contribution in [2.75, 3.05) is 13.1 Å². The van der Waals surface area contributed by atoms with E-state index in [4.69, 9.17) is 11.6 Å². The smallest absolute Gasteiger partial charge is 0.348 e. The van der Waals surface area contributed by atoms with Crippen LogP contribution in [0.5, 0.6) is 0 Å². The highest BCUT2D eigenvalue weighted by molar-refractivity contribution is 6.34. The van der Waals surface area contributed by atoms with Crippen molar-refractivity contribution in [2.45, 2.75) is 43.9 Å². The number of amides is 1. The highest BCUT2D eigenvalue weighted by Gasteiger charge is 2.57. The molecule has 0 unspecified atom stereocenters. The molecule has 2 saturated heterocycles. The summed E-state index contributed by atoms with van der Waals surface area (Å²) in [5.41, 5.74) is 1.24. The fourth-order valence-corrected chi connectivity index (χ4v) is 5.50. The Kier molecular flexibility index (Phi) is 5.05. The van der Waals surface area contributed by atoms with Crippen molar-refractivity contribution in [1.82, 2.24) is 10.2 Å². The number of carbonyl (C=O) groups is 1. The van der Waals surface area contributed by atoms with Crippen LogP contribution in [0.15, 0.2) is 42.5 Å². The summed E-state index contributed by atoms with van der Waals surface area (Å²) in [5.74, 6) is 1.07. The van der Waals surface area contributed by atoms with Gasteiger partial charge in [-0.2, -0.15) is 13.2 Å². The highest BCUT2D eigenvalue weighted by Crippen LogP contribution is 2.57. The Bertz CT molecular complexity index is 995. The normalized spacial score (nSPS) is 25.4. The molecule has 0 spiro atoms. The van der Waals surface area contributed by atoms with E-state index in [1.165, 1.54) is 56.5 Å². The van der Waals surface area contributed by atoms with E-state index in [9.17, 15) is 18.0 Å². The van der Waals surface area contributed by atoms with E-state index in [2.05, 4.69) is 22.3 Å². The lowest BCUT2D eigenvalue weighted by molar-refractivity contribution is -0.137. The van der Waals surface area contributed by atoms with Crippen LogP contribution >= 0.6 is 11.6 Å². The van der Waals surface area contributed by atoms with Crippen LogP contribution in [0.25, 0.3) is 0 Å². The number of rotatable bonds is 6. The number of benzene rings is 2. The van der Waals surface area contributed by atoms with Gasteiger partial charge in [0, 0.05) is 25.2 Å². The van der Waals surface area contributed by atoms with E-state index in [-0.39, 0.29) is 17.6 Å². The summed E-state index contributed by atoms with van der Waals surface area (Å²) >= 11 is 5.85. The molecule has 4 fully saturated rings. The molecule has 2 saturated carbocycles. The monoisotopic (exact) mass is 448 g/mol. The summed E-state index contributed by atoms with van der Waals surface area (Å²) in [6.45, 7) is 2.63. The zero-order chi connectivity index (χ0) is 21.8. The van der Waals surface area contributed by atoms with E-state index < -0.39 is 22.7 Å². The topological polar surface area (TPSA) is 32.3 Å². The minimum absolute atomic E-state index is 0.172. The Labute approximate surface area is 184 Å². The molecule has 164 valence electrons. The van der Waals surface area contributed by atoms with Crippen molar-refractivity contribution in [1.29, 1.82) is 0 Å². The fourth-order valence-electron chi connectivity index (χ4n) is 5.19. The average molecular weight is 449 g/mol. The SMILES string of the molecule is O=C(NCc1ccc(C23CC(CN2CC2CC2)C3)cc1)c1cccc(C(F)(F)F)c1Cl. The van der Waals surface area contributed by atoms with Gasteiger partial charge in [0.05, 0.1) is 16.1 Å². The van der Waals surface area contributed by atoms with Gasteiger partial charge in [0.25, 0.3) is 5.91 Å². The van der Waals surface area contributed by atoms with Gasteiger partial charge in [-0.3, -0.25) is 9.69 Å². The summed E-state index contributed by atoms with van der Waals surface area (Å²) in [6, 6.07) is 11.6. The van der Waals surface area contributed by atoms with Crippen molar-refractivity contribution in [3.8, 4) is 0 Å². The third-order valence-corrected chi connectivity index (χ3v) is 7.41. The molecule has 0 atom stereocenters. The molecular weight excluding hydrogens is 425 g/mol. The summed E-state index contributed by atoms with van der Waals surface area (Å²) in [6.07, 6.45) is 0.558. The Morgan fingerprint density at radius 1 is 1.13 bits per heavy atom. The van der Waals surface area contributed by atoms with Crippen molar-refractivity contribution in [2.24, 2.45) is 11.8 Å². The number of halogens is 4. The van der Waals surface area contributed by atoms with E-state index >= 15 is 0 Å². The lowest BCUT2D eigenvalue weighted by Crippen LogP contribution is -2.43. The first kappa shape index (κ1) is 20.8. The van der Waals surface area contributed by atoms with Gasteiger partial charge < -0.3 is 5.32 Å². The van der Waals surface area contributed by atoms with Gasteiger partial charge in [-0.1, -0.05) is 41.9 Å². The summed E-state index contributed by atoms with van der Waals surface area (Å²) < 4.78 is 39.1. The largest absolute Gasteiger partial charge is 0.417 e. The standard InChI is InChI=1S/C24H24ClF3N2O/c25-21-19(2-1-3-20(21)24(26,27)28)22(31)29-12-15-6-8-18(9-7-15)23-10-17(11-23)14-30(23)13-16-4-5-16/h1-3,6-9,16-17H,4-5,10-14H2,(H,29,31). The summed E-state index contributed by atoms with van der Waals surface area (Å²) in [5, 5.41) is 2.11. The molecular formula is C24H24ClF3N2O. The van der Waals surface area contributed by atoms with Crippen molar-refractivity contribution < 1.29 is 18.0 Å². The zero-order valence-corrected chi connectivity index (χ0v) is 17.8. The summed E-state index contributed by atoms with van der Waals surface area (Å²) in [4.78, 5) is 15.1. The van der Waals surface area contributed by atoms with Gasteiger partial charge in [-0.05, 0) is 60.8 Å². The van der Waals surface area contributed by atoms with E-state index in [0.717, 1.165) is 23.5 Å². The first-order valence-electron chi connectivity index (χ1n) is 10.7. The van der Waals surface area contributed by atoms with Gasteiger partial charge in [0.1, 0.15) is 0 Å². The van der Waals surface area contributed by atoms with Crippen LogP contribution in [0.3, 0.4) is 0 Å². The van der Waals surface area contributed by atoms with Gasteiger partial charge in [0.15, 0.2) is 0 Å². The van der Waals surface area contributed by atoms with Crippen molar-refractivity contribution >= 4 is 17.5 Å². The molecule has 3 nitrogen and oxygen atoms in total. The minimum atomic E-state index is -4.60. The second-order valence-electron chi connectivity index (χ2n) is 9.20. The first-order valence-corrected chi connectivity index (χ1v) is 11.1. The Morgan fingerprint density at radius 3 is 2.48 bits per heavy atom. The summed E-state index contributed by atoms with van der Waals surface area (Å²) in [7, 11) is 0. The van der Waals surface area contributed by atoms with E-state index in [1.54, 1.807) is 0 Å². The average Bonchev–Trinajstić information content (AvgIpc) is 3.35. The molecule has 2 aliphatic heterocycles. The molecule has 2 aromatic carbocycles. The molecule has 0 aromatic heterocycles. The molecule has 1 N–H and O–H groups in total. The first-order chi connectivity index (χ1) is 14.8. The maximum atomic E-state index is 13.0. The number of nitrogens with zero attached hydrogens (tertiary/aromatic N) is 1. The maximum absolute atomic E-state index is 13.0. The van der Waals surface area contributed by atoms with E-state index in [0.29, 0.717) is 0 Å². The molecule has 2 aliphatic carbocycles. The lowest BCUT2D eigenvalue weighted by Gasteiger charge is -2.43. The van der Waals surface area contributed by atoms with Crippen molar-refractivity contribution in [3.63, 3.8) is 0 Å². The fraction of sp³-hybridized carbons (Fsp3) is 0.458. The predicted octanol–water partition coefficient (Wildman–Crippen LogP) is 5.62. The molecule has 2 heterocycles. The van der Waals surface area contributed by atoms with Crippen LogP contribution in [-0.4, -0.2) is 23.9 Å².